The lowest BCUT2D eigenvalue weighted by Crippen LogP contribution is -2.55. The van der Waals surface area contributed by atoms with Crippen molar-refractivity contribution in [3.63, 3.8) is 0 Å². The smallest absolute Gasteiger partial charge is 0.251 e. The Kier molecular flexibility index (Phi) is 5.83. The summed E-state index contributed by atoms with van der Waals surface area (Å²) >= 11 is 0. The summed E-state index contributed by atoms with van der Waals surface area (Å²) in [4.78, 5) is 14.5. The zero-order valence-electron chi connectivity index (χ0n) is 13.7. The SMILES string of the molecule is C[C@@H]1CCC[C@H](O[C@H](C)C(=O)N2CC[S@](=O)[C@H](C)[C@@H]2C)C1. The number of carbonyl (C=O) groups is 1. The zero-order valence-corrected chi connectivity index (χ0v) is 14.5. The molecular formula is C16H29NO3S. The highest BCUT2D eigenvalue weighted by Crippen LogP contribution is 2.27. The van der Waals surface area contributed by atoms with E-state index in [1.165, 1.54) is 12.8 Å². The van der Waals surface area contributed by atoms with E-state index in [0.29, 0.717) is 18.2 Å². The van der Waals surface area contributed by atoms with Crippen LogP contribution < -0.4 is 0 Å². The van der Waals surface area contributed by atoms with Crippen molar-refractivity contribution in [2.45, 2.75) is 76.9 Å². The van der Waals surface area contributed by atoms with Gasteiger partial charge in [-0.2, -0.15) is 0 Å². The van der Waals surface area contributed by atoms with Crippen LogP contribution in [-0.2, 0) is 20.3 Å². The van der Waals surface area contributed by atoms with Crippen LogP contribution in [0.15, 0.2) is 0 Å². The summed E-state index contributed by atoms with van der Waals surface area (Å²) in [7, 11) is -0.811. The van der Waals surface area contributed by atoms with Crippen molar-refractivity contribution in [2.75, 3.05) is 12.3 Å². The molecule has 2 fully saturated rings. The van der Waals surface area contributed by atoms with Crippen LogP contribution >= 0.6 is 0 Å². The van der Waals surface area contributed by atoms with E-state index < -0.39 is 10.8 Å². The molecule has 1 amide bonds. The molecule has 6 atom stereocenters. The van der Waals surface area contributed by atoms with Crippen LogP contribution in [-0.4, -0.2) is 50.8 Å². The molecule has 0 radical (unpaired) electrons. The van der Waals surface area contributed by atoms with Crippen molar-refractivity contribution in [2.24, 2.45) is 5.92 Å². The van der Waals surface area contributed by atoms with E-state index in [4.69, 9.17) is 4.74 Å². The molecule has 1 aliphatic carbocycles. The van der Waals surface area contributed by atoms with Gasteiger partial charge in [0.2, 0.25) is 0 Å². The van der Waals surface area contributed by atoms with Crippen LogP contribution in [0, 0.1) is 5.92 Å². The predicted molar refractivity (Wildman–Crippen MR) is 85.6 cm³/mol. The van der Waals surface area contributed by atoms with Gasteiger partial charge in [0.05, 0.1) is 11.4 Å². The Bertz CT molecular complexity index is 401. The van der Waals surface area contributed by atoms with Crippen molar-refractivity contribution in [1.29, 1.82) is 0 Å². The van der Waals surface area contributed by atoms with E-state index in [2.05, 4.69) is 6.92 Å². The molecule has 2 rings (SSSR count). The highest BCUT2D eigenvalue weighted by molar-refractivity contribution is 7.85. The molecule has 0 aromatic rings. The molecule has 2 aliphatic rings. The summed E-state index contributed by atoms with van der Waals surface area (Å²) in [5, 5.41) is 0.0459. The van der Waals surface area contributed by atoms with Gasteiger partial charge in [0, 0.05) is 29.1 Å². The van der Waals surface area contributed by atoms with Crippen LogP contribution in [0.3, 0.4) is 0 Å². The summed E-state index contributed by atoms with van der Waals surface area (Å²) in [6, 6.07) is 0.0309. The lowest BCUT2D eigenvalue weighted by Gasteiger charge is -2.39. The maximum Gasteiger partial charge on any atom is 0.251 e. The second-order valence-corrected chi connectivity index (χ2v) is 8.65. The lowest BCUT2D eigenvalue weighted by atomic mass is 9.88. The number of carbonyl (C=O) groups excluding carboxylic acids is 1. The quantitative estimate of drug-likeness (QED) is 0.803. The molecule has 122 valence electrons. The third-order valence-electron chi connectivity index (χ3n) is 5.03. The van der Waals surface area contributed by atoms with Crippen molar-refractivity contribution >= 4 is 16.7 Å². The highest BCUT2D eigenvalue weighted by atomic mass is 32.2. The molecule has 21 heavy (non-hydrogen) atoms. The van der Waals surface area contributed by atoms with Gasteiger partial charge >= 0.3 is 0 Å². The average molecular weight is 315 g/mol. The largest absolute Gasteiger partial charge is 0.365 e. The van der Waals surface area contributed by atoms with E-state index in [9.17, 15) is 9.00 Å². The minimum Gasteiger partial charge on any atom is -0.365 e. The van der Waals surface area contributed by atoms with Crippen molar-refractivity contribution < 1.29 is 13.7 Å². The van der Waals surface area contributed by atoms with E-state index in [1.807, 2.05) is 25.7 Å². The zero-order chi connectivity index (χ0) is 15.6. The Morgan fingerprint density at radius 3 is 2.67 bits per heavy atom. The normalized spacial score (nSPS) is 39.0. The first-order valence-corrected chi connectivity index (χ1v) is 9.61. The molecule has 0 aromatic carbocycles. The van der Waals surface area contributed by atoms with Gasteiger partial charge in [-0.25, -0.2) is 0 Å². The fourth-order valence-electron chi connectivity index (χ4n) is 3.44. The first-order valence-electron chi connectivity index (χ1n) is 8.23. The van der Waals surface area contributed by atoms with Crippen molar-refractivity contribution in [3.8, 4) is 0 Å². The maximum atomic E-state index is 12.6. The van der Waals surface area contributed by atoms with Crippen LogP contribution in [0.5, 0.6) is 0 Å². The fraction of sp³-hybridized carbons (Fsp3) is 0.938. The van der Waals surface area contributed by atoms with Crippen LogP contribution in [0.1, 0.15) is 53.4 Å². The predicted octanol–water partition coefficient (Wildman–Crippen LogP) is 2.34. The van der Waals surface area contributed by atoms with Crippen LogP contribution in [0.2, 0.25) is 0 Å². The summed E-state index contributed by atoms with van der Waals surface area (Å²) in [6.45, 7) is 8.67. The maximum absolute atomic E-state index is 12.6. The minimum absolute atomic E-state index is 0.0309. The highest BCUT2D eigenvalue weighted by Gasteiger charge is 2.35. The molecule has 4 nitrogen and oxygen atoms in total. The Labute approximate surface area is 131 Å². The molecule has 0 spiro atoms. The second kappa shape index (κ2) is 7.23. The molecular weight excluding hydrogens is 286 g/mol. The number of amides is 1. The molecule has 0 aromatic heterocycles. The average Bonchev–Trinajstić information content (AvgIpc) is 2.44. The molecule has 1 saturated heterocycles. The molecule has 1 saturated carbocycles. The molecule has 1 aliphatic heterocycles. The number of hydrogen-bond acceptors (Lipinski definition) is 3. The fourth-order valence-corrected chi connectivity index (χ4v) is 4.78. The van der Waals surface area contributed by atoms with Crippen LogP contribution in [0.4, 0.5) is 0 Å². The molecule has 5 heteroatoms. The van der Waals surface area contributed by atoms with Gasteiger partial charge < -0.3 is 9.64 Å². The summed E-state index contributed by atoms with van der Waals surface area (Å²) < 4.78 is 17.9. The standard InChI is InChI=1S/C16H29NO3S/c1-11-6-5-7-15(10-11)20-13(3)16(18)17-8-9-21(19)14(4)12(17)2/h11-15H,5-10H2,1-4H3/t11-,12+,13-,14-,15+,21+/m1/s1. The van der Waals surface area contributed by atoms with Gasteiger partial charge in [-0.3, -0.25) is 9.00 Å². The van der Waals surface area contributed by atoms with Crippen molar-refractivity contribution in [1.82, 2.24) is 4.90 Å². The molecule has 0 N–H and O–H groups in total. The summed E-state index contributed by atoms with van der Waals surface area (Å²) in [6.07, 6.45) is 4.43. The molecule has 0 unspecified atom stereocenters. The third kappa shape index (κ3) is 4.07. The first-order chi connectivity index (χ1) is 9.90. The van der Waals surface area contributed by atoms with E-state index >= 15 is 0 Å². The van der Waals surface area contributed by atoms with Gasteiger partial charge in [0.15, 0.2) is 0 Å². The monoisotopic (exact) mass is 315 g/mol. The Hall–Kier alpha value is -0.420. The summed E-state index contributed by atoms with van der Waals surface area (Å²) in [5.74, 6) is 1.34. The first kappa shape index (κ1) is 16.9. The van der Waals surface area contributed by atoms with Gasteiger partial charge in [0.1, 0.15) is 6.10 Å². The Morgan fingerprint density at radius 2 is 2.00 bits per heavy atom. The number of hydrogen-bond donors (Lipinski definition) is 0. The van der Waals surface area contributed by atoms with E-state index in [-0.39, 0.29) is 29.4 Å². The number of nitrogens with zero attached hydrogens (tertiary/aromatic N) is 1. The van der Waals surface area contributed by atoms with Gasteiger partial charge in [-0.1, -0.05) is 19.8 Å². The third-order valence-corrected chi connectivity index (χ3v) is 6.84. The number of rotatable bonds is 3. The minimum atomic E-state index is -0.811. The van der Waals surface area contributed by atoms with Gasteiger partial charge in [-0.15, -0.1) is 0 Å². The van der Waals surface area contributed by atoms with E-state index in [1.54, 1.807) is 0 Å². The molecule has 1 heterocycles. The Balaban J connectivity index is 1.91. The van der Waals surface area contributed by atoms with Crippen molar-refractivity contribution in [3.05, 3.63) is 0 Å². The lowest BCUT2D eigenvalue weighted by molar-refractivity contribution is -0.150. The summed E-state index contributed by atoms with van der Waals surface area (Å²) in [5.41, 5.74) is 0. The van der Waals surface area contributed by atoms with Crippen LogP contribution in [0.25, 0.3) is 0 Å². The van der Waals surface area contributed by atoms with E-state index in [0.717, 1.165) is 12.8 Å². The topological polar surface area (TPSA) is 46.6 Å². The number of ether oxygens (including phenoxy) is 1. The molecule has 0 bridgehead atoms. The Morgan fingerprint density at radius 1 is 1.29 bits per heavy atom. The second-order valence-electron chi connectivity index (χ2n) is 6.73. The van der Waals surface area contributed by atoms with Gasteiger partial charge in [0.25, 0.3) is 5.91 Å². The van der Waals surface area contributed by atoms with Gasteiger partial charge in [-0.05, 0) is 39.5 Å².